The molecule has 0 aromatic rings. The summed E-state index contributed by atoms with van der Waals surface area (Å²) in [4.78, 5) is 11.9. The number of rotatable bonds is 7. The summed E-state index contributed by atoms with van der Waals surface area (Å²) >= 11 is 0. The van der Waals surface area contributed by atoms with Crippen LogP contribution in [0.3, 0.4) is 0 Å². The minimum atomic E-state index is -0.970. The summed E-state index contributed by atoms with van der Waals surface area (Å²) < 4.78 is 0. The van der Waals surface area contributed by atoms with Crippen molar-refractivity contribution in [3.05, 3.63) is 0 Å². The highest BCUT2D eigenvalue weighted by atomic mass is 16.3. The Morgan fingerprint density at radius 1 is 1.29 bits per heavy atom. The van der Waals surface area contributed by atoms with Gasteiger partial charge in [0.1, 0.15) is 5.41 Å². The van der Waals surface area contributed by atoms with Crippen molar-refractivity contribution >= 4 is 5.91 Å². The summed E-state index contributed by atoms with van der Waals surface area (Å²) in [5, 5.41) is 21.2. The van der Waals surface area contributed by atoms with E-state index in [1.54, 1.807) is 6.92 Å². The van der Waals surface area contributed by atoms with Gasteiger partial charge in [0.05, 0.1) is 12.7 Å². The topological polar surface area (TPSA) is 73.1 Å². The van der Waals surface area contributed by atoms with Crippen LogP contribution in [-0.2, 0) is 4.79 Å². The zero-order valence-electron chi connectivity index (χ0n) is 11.3. The third-order valence-corrected chi connectivity index (χ3v) is 3.91. The molecule has 0 aromatic heterocycles. The van der Waals surface area contributed by atoms with Gasteiger partial charge in [0.2, 0.25) is 5.91 Å². The molecule has 0 saturated heterocycles. The van der Waals surface area contributed by atoms with Gasteiger partial charge < -0.3 is 10.4 Å². The number of nitrogens with zero attached hydrogens (tertiary/aromatic N) is 1. The summed E-state index contributed by atoms with van der Waals surface area (Å²) in [6.07, 6.45) is 2.09. The Hall–Kier alpha value is -1.08. The minimum Gasteiger partial charge on any atom is -0.396 e. The van der Waals surface area contributed by atoms with Crippen molar-refractivity contribution < 1.29 is 9.90 Å². The average molecular weight is 240 g/mol. The molecule has 0 radical (unpaired) electrons. The number of hydrogen-bond acceptors (Lipinski definition) is 3. The standard InChI is InChI=1S/C13H24N2O2/c1-5-12(4,8-14)11(17)15-9-13(6-2,7-3)10-16/h16H,5-7,9-10H2,1-4H3,(H,15,17). The van der Waals surface area contributed by atoms with Crippen molar-refractivity contribution in [2.45, 2.75) is 47.0 Å². The van der Waals surface area contributed by atoms with E-state index in [1.807, 2.05) is 26.8 Å². The van der Waals surface area contributed by atoms with E-state index in [0.29, 0.717) is 13.0 Å². The van der Waals surface area contributed by atoms with Crippen molar-refractivity contribution in [3.8, 4) is 6.07 Å². The molecular weight excluding hydrogens is 216 g/mol. The maximum Gasteiger partial charge on any atom is 0.240 e. The van der Waals surface area contributed by atoms with Gasteiger partial charge in [0.15, 0.2) is 0 Å². The molecule has 17 heavy (non-hydrogen) atoms. The van der Waals surface area contributed by atoms with Crippen LogP contribution in [0, 0.1) is 22.2 Å². The molecule has 98 valence electrons. The SMILES string of the molecule is CCC(CC)(CO)CNC(=O)C(C)(C#N)CC. The first-order valence-electron chi connectivity index (χ1n) is 6.24. The predicted molar refractivity (Wildman–Crippen MR) is 67.1 cm³/mol. The van der Waals surface area contributed by atoms with Crippen molar-refractivity contribution in [1.29, 1.82) is 5.26 Å². The monoisotopic (exact) mass is 240 g/mol. The molecule has 0 aromatic carbocycles. The van der Waals surface area contributed by atoms with Gasteiger partial charge in [-0.1, -0.05) is 20.8 Å². The van der Waals surface area contributed by atoms with Crippen molar-refractivity contribution in [2.24, 2.45) is 10.8 Å². The number of carbonyl (C=O) groups excluding carboxylic acids is 1. The lowest BCUT2D eigenvalue weighted by atomic mass is 9.82. The Bertz CT molecular complexity index is 284. The van der Waals surface area contributed by atoms with Crippen LogP contribution in [0.2, 0.25) is 0 Å². The van der Waals surface area contributed by atoms with E-state index in [-0.39, 0.29) is 17.9 Å². The van der Waals surface area contributed by atoms with Gasteiger partial charge >= 0.3 is 0 Å². The van der Waals surface area contributed by atoms with Crippen LogP contribution in [0.4, 0.5) is 0 Å². The number of aliphatic hydroxyl groups excluding tert-OH is 1. The minimum absolute atomic E-state index is 0.0513. The molecule has 0 aliphatic heterocycles. The highest BCUT2D eigenvalue weighted by Crippen LogP contribution is 2.26. The molecule has 0 heterocycles. The van der Waals surface area contributed by atoms with E-state index in [0.717, 1.165) is 12.8 Å². The Morgan fingerprint density at radius 3 is 2.12 bits per heavy atom. The lowest BCUT2D eigenvalue weighted by Crippen LogP contribution is -2.44. The molecular formula is C13H24N2O2. The van der Waals surface area contributed by atoms with Crippen LogP contribution < -0.4 is 5.32 Å². The number of nitrogens with one attached hydrogen (secondary N) is 1. The summed E-state index contributed by atoms with van der Waals surface area (Å²) in [6.45, 7) is 7.93. The van der Waals surface area contributed by atoms with E-state index < -0.39 is 5.41 Å². The molecule has 0 saturated carbocycles. The number of nitriles is 1. The van der Waals surface area contributed by atoms with E-state index in [9.17, 15) is 9.90 Å². The van der Waals surface area contributed by atoms with Gasteiger partial charge in [-0.25, -0.2) is 0 Å². The second-order valence-corrected chi connectivity index (χ2v) is 4.85. The first-order valence-corrected chi connectivity index (χ1v) is 6.24. The third kappa shape index (κ3) is 3.71. The average Bonchev–Trinajstić information content (AvgIpc) is 2.39. The molecule has 0 bridgehead atoms. The molecule has 1 amide bonds. The Labute approximate surface area is 104 Å². The first-order chi connectivity index (χ1) is 7.93. The van der Waals surface area contributed by atoms with Gasteiger partial charge in [-0.05, 0) is 26.2 Å². The molecule has 1 unspecified atom stereocenters. The fraction of sp³-hybridized carbons (Fsp3) is 0.846. The van der Waals surface area contributed by atoms with Crippen LogP contribution >= 0.6 is 0 Å². The fourth-order valence-electron chi connectivity index (χ4n) is 1.53. The Kier molecular flexibility index (Phi) is 6.19. The molecule has 4 heteroatoms. The third-order valence-electron chi connectivity index (χ3n) is 3.91. The Balaban J connectivity index is 4.57. The molecule has 0 aliphatic rings. The second kappa shape index (κ2) is 6.61. The van der Waals surface area contributed by atoms with Crippen LogP contribution in [0.1, 0.15) is 47.0 Å². The zero-order chi connectivity index (χ0) is 13.5. The smallest absolute Gasteiger partial charge is 0.240 e. The van der Waals surface area contributed by atoms with Crippen LogP contribution in [-0.4, -0.2) is 24.2 Å². The van der Waals surface area contributed by atoms with Crippen molar-refractivity contribution in [1.82, 2.24) is 5.32 Å². The van der Waals surface area contributed by atoms with Crippen molar-refractivity contribution in [3.63, 3.8) is 0 Å². The predicted octanol–water partition coefficient (Wildman–Crippen LogP) is 1.84. The van der Waals surface area contributed by atoms with Crippen LogP contribution in [0.15, 0.2) is 0 Å². The number of hydrogen-bond donors (Lipinski definition) is 2. The van der Waals surface area contributed by atoms with Crippen LogP contribution in [0.25, 0.3) is 0 Å². The zero-order valence-corrected chi connectivity index (χ0v) is 11.3. The van der Waals surface area contributed by atoms with Gasteiger partial charge in [-0.3, -0.25) is 4.79 Å². The maximum atomic E-state index is 11.9. The van der Waals surface area contributed by atoms with E-state index in [2.05, 4.69) is 5.32 Å². The molecule has 4 nitrogen and oxygen atoms in total. The fourth-order valence-corrected chi connectivity index (χ4v) is 1.53. The summed E-state index contributed by atoms with van der Waals surface area (Å²) in [6, 6.07) is 2.04. The molecule has 0 spiro atoms. The van der Waals surface area contributed by atoms with Gasteiger partial charge in [0.25, 0.3) is 0 Å². The van der Waals surface area contributed by atoms with Crippen molar-refractivity contribution in [2.75, 3.05) is 13.2 Å². The molecule has 1 atom stereocenters. The summed E-state index contributed by atoms with van der Waals surface area (Å²) in [5.41, 5.74) is -1.23. The highest BCUT2D eigenvalue weighted by Gasteiger charge is 2.33. The van der Waals surface area contributed by atoms with E-state index in [1.165, 1.54) is 0 Å². The maximum absolute atomic E-state index is 11.9. The summed E-state index contributed by atoms with van der Waals surface area (Å²) in [7, 11) is 0. The van der Waals surface area contributed by atoms with Crippen LogP contribution in [0.5, 0.6) is 0 Å². The lowest BCUT2D eigenvalue weighted by Gasteiger charge is -2.31. The first kappa shape index (κ1) is 15.9. The lowest BCUT2D eigenvalue weighted by molar-refractivity contribution is -0.128. The van der Waals surface area contributed by atoms with Gasteiger partial charge in [-0.15, -0.1) is 0 Å². The molecule has 0 fully saturated rings. The van der Waals surface area contributed by atoms with E-state index in [4.69, 9.17) is 5.26 Å². The summed E-state index contributed by atoms with van der Waals surface area (Å²) in [5.74, 6) is -0.248. The van der Waals surface area contributed by atoms with E-state index >= 15 is 0 Å². The number of amides is 1. The normalized spacial score (nSPS) is 14.8. The quantitative estimate of drug-likeness (QED) is 0.713. The van der Waals surface area contributed by atoms with Gasteiger partial charge in [-0.2, -0.15) is 5.26 Å². The van der Waals surface area contributed by atoms with Gasteiger partial charge in [0, 0.05) is 12.0 Å². The molecule has 2 N–H and O–H groups in total. The number of carbonyl (C=O) groups is 1. The largest absolute Gasteiger partial charge is 0.396 e. The second-order valence-electron chi connectivity index (χ2n) is 4.85. The molecule has 0 aliphatic carbocycles. The molecule has 0 rings (SSSR count). The number of aliphatic hydroxyl groups is 1. The highest BCUT2D eigenvalue weighted by molar-refractivity contribution is 5.84. The Morgan fingerprint density at radius 2 is 1.82 bits per heavy atom.